The first-order valence-corrected chi connectivity index (χ1v) is 2.57. The van der Waals surface area contributed by atoms with E-state index in [1.165, 1.54) is 12.1 Å². The molecule has 0 radical (unpaired) electrons. The number of carbonyl (C=O) groups excluding carboxylic acids is 1. The minimum atomic E-state index is -1.13. The number of halogens is 1. The van der Waals surface area contributed by atoms with Gasteiger partial charge in [0.1, 0.15) is 0 Å². The van der Waals surface area contributed by atoms with E-state index < -0.39 is 5.97 Å². The third kappa shape index (κ3) is 3.60. The molecular weight excluding hydrogens is 166 g/mol. The van der Waals surface area contributed by atoms with Crippen LogP contribution in [-0.2, 0) is 0 Å². The zero-order valence-electron chi connectivity index (χ0n) is 6.11. The van der Waals surface area contributed by atoms with Crippen molar-refractivity contribution in [2.24, 2.45) is 0 Å². The molecule has 0 heterocycles. The van der Waals surface area contributed by atoms with Crippen LogP contribution in [0, 0.1) is 0 Å². The van der Waals surface area contributed by atoms with Crippen molar-refractivity contribution < 1.29 is 9.90 Å². The normalized spacial score (nSPS) is 7.27. The Balaban J connectivity index is 0. The van der Waals surface area contributed by atoms with E-state index in [1.807, 2.05) is 0 Å². The predicted octanol–water partition coefficient (Wildman–Crippen LogP) is 0.848. The molecule has 0 bridgehead atoms. The van der Waals surface area contributed by atoms with E-state index in [4.69, 9.17) is 0 Å². The van der Waals surface area contributed by atoms with Crippen LogP contribution in [0.25, 0.3) is 0 Å². The van der Waals surface area contributed by atoms with E-state index in [2.05, 4.69) is 0 Å². The van der Waals surface area contributed by atoms with Gasteiger partial charge in [-0.1, -0.05) is 30.3 Å². The smallest absolute Gasteiger partial charge is 0.0715 e. The number of hydrogen-bond acceptors (Lipinski definition) is 2. The van der Waals surface area contributed by atoms with Crippen LogP contribution in [0.5, 0.6) is 0 Å². The summed E-state index contributed by atoms with van der Waals surface area (Å²) < 4.78 is 0. The first-order chi connectivity index (χ1) is 4.30. The molecule has 1 aromatic rings. The Kier molecular flexibility index (Phi) is 6.53. The van der Waals surface area contributed by atoms with Crippen LogP contribution in [0.2, 0.25) is 0 Å². The second kappa shape index (κ2) is 5.70. The van der Waals surface area contributed by atoms with E-state index in [1.54, 1.807) is 18.2 Å². The number of rotatable bonds is 1. The van der Waals surface area contributed by atoms with Crippen LogP contribution in [-0.4, -0.2) is 5.97 Å². The SMILES string of the molecule is Cl.O=C([O-])c1ccccc1.[NH4+]. The van der Waals surface area contributed by atoms with Gasteiger partial charge in [0, 0.05) is 0 Å². The Labute approximate surface area is 71.0 Å². The average Bonchev–Trinajstić information content (AvgIpc) is 1.90. The fraction of sp³-hybridized carbons (Fsp3) is 0. The maximum Gasteiger partial charge on any atom is 0.0715 e. The Hall–Kier alpha value is -1.06. The predicted molar refractivity (Wildman–Crippen MR) is 44.0 cm³/mol. The molecule has 0 aliphatic heterocycles. The summed E-state index contributed by atoms with van der Waals surface area (Å²) in [4.78, 5) is 10.1. The maximum absolute atomic E-state index is 10.1. The number of hydrogen-bond donors (Lipinski definition) is 1. The van der Waals surface area contributed by atoms with Crippen LogP contribution in [0.1, 0.15) is 10.4 Å². The van der Waals surface area contributed by atoms with Crippen molar-refractivity contribution in [3.05, 3.63) is 35.9 Å². The molecule has 62 valence electrons. The largest absolute Gasteiger partial charge is 0.545 e. The van der Waals surface area contributed by atoms with Crippen molar-refractivity contribution in [1.82, 2.24) is 6.15 Å². The third-order valence-corrected chi connectivity index (χ3v) is 1.01. The van der Waals surface area contributed by atoms with Gasteiger partial charge in [-0.05, 0) is 5.56 Å². The highest BCUT2D eigenvalue weighted by Gasteiger charge is 1.85. The average molecular weight is 176 g/mol. The van der Waals surface area contributed by atoms with Gasteiger partial charge < -0.3 is 16.1 Å². The Morgan fingerprint density at radius 3 is 1.91 bits per heavy atom. The Morgan fingerprint density at radius 1 is 1.18 bits per heavy atom. The molecule has 4 N–H and O–H groups in total. The van der Waals surface area contributed by atoms with Crippen molar-refractivity contribution in [3.8, 4) is 0 Å². The van der Waals surface area contributed by atoms with Gasteiger partial charge in [-0.3, -0.25) is 0 Å². The number of carboxylic acids is 1. The van der Waals surface area contributed by atoms with Gasteiger partial charge in [0.2, 0.25) is 0 Å². The van der Waals surface area contributed by atoms with Gasteiger partial charge in [0.15, 0.2) is 0 Å². The van der Waals surface area contributed by atoms with Crippen molar-refractivity contribution in [3.63, 3.8) is 0 Å². The molecule has 0 aromatic heterocycles. The number of aromatic carboxylic acids is 1. The summed E-state index contributed by atoms with van der Waals surface area (Å²) in [5, 5.41) is 10.1. The second-order valence-electron chi connectivity index (χ2n) is 1.65. The fourth-order valence-electron chi connectivity index (χ4n) is 0.574. The summed E-state index contributed by atoms with van der Waals surface area (Å²) in [5.41, 5.74) is 0.220. The summed E-state index contributed by atoms with van der Waals surface area (Å²) >= 11 is 0. The van der Waals surface area contributed by atoms with Gasteiger partial charge in [0.25, 0.3) is 0 Å². The maximum atomic E-state index is 10.1. The molecule has 1 rings (SSSR count). The molecule has 0 aliphatic rings. The van der Waals surface area contributed by atoms with Gasteiger partial charge in [0.05, 0.1) is 5.97 Å². The molecule has 0 fully saturated rings. The summed E-state index contributed by atoms with van der Waals surface area (Å²) in [6.07, 6.45) is 0. The highest BCUT2D eigenvalue weighted by Crippen LogP contribution is 1.94. The van der Waals surface area contributed by atoms with Crippen LogP contribution < -0.4 is 11.3 Å². The molecule has 0 amide bonds. The summed E-state index contributed by atoms with van der Waals surface area (Å²) in [5.74, 6) is -1.13. The molecule has 0 saturated heterocycles. The monoisotopic (exact) mass is 175 g/mol. The van der Waals surface area contributed by atoms with E-state index in [0.717, 1.165) is 0 Å². The highest BCUT2D eigenvalue weighted by atomic mass is 35.5. The van der Waals surface area contributed by atoms with Crippen molar-refractivity contribution in [2.75, 3.05) is 0 Å². The second-order valence-corrected chi connectivity index (χ2v) is 1.65. The van der Waals surface area contributed by atoms with Crippen LogP contribution in [0.3, 0.4) is 0 Å². The van der Waals surface area contributed by atoms with Gasteiger partial charge in [-0.15, -0.1) is 12.4 Å². The van der Waals surface area contributed by atoms with Crippen LogP contribution in [0.15, 0.2) is 30.3 Å². The first kappa shape index (κ1) is 12.6. The summed E-state index contributed by atoms with van der Waals surface area (Å²) in [6.45, 7) is 0. The van der Waals surface area contributed by atoms with Gasteiger partial charge in [-0.2, -0.15) is 0 Å². The number of carboxylic acid groups (broad SMARTS) is 1. The van der Waals surface area contributed by atoms with Gasteiger partial charge >= 0.3 is 0 Å². The van der Waals surface area contributed by atoms with Crippen molar-refractivity contribution in [1.29, 1.82) is 0 Å². The zero-order chi connectivity index (χ0) is 6.69. The third-order valence-electron chi connectivity index (χ3n) is 1.01. The van der Waals surface area contributed by atoms with Gasteiger partial charge in [-0.25, -0.2) is 0 Å². The van der Waals surface area contributed by atoms with Crippen LogP contribution in [0.4, 0.5) is 0 Å². The van der Waals surface area contributed by atoms with E-state index in [0.29, 0.717) is 0 Å². The van der Waals surface area contributed by atoms with Crippen molar-refractivity contribution >= 4 is 18.4 Å². The molecule has 0 spiro atoms. The lowest BCUT2D eigenvalue weighted by Crippen LogP contribution is -2.21. The lowest BCUT2D eigenvalue weighted by atomic mass is 10.2. The quantitative estimate of drug-likeness (QED) is 0.687. The molecule has 11 heavy (non-hydrogen) atoms. The molecule has 0 unspecified atom stereocenters. The van der Waals surface area contributed by atoms with E-state index in [-0.39, 0.29) is 24.1 Å². The minimum absolute atomic E-state index is 0. The van der Waals surface area contributed by atoms with E-state index >= 15 is 0 Å². The molecule has 0 aliphatic carbocycles. The molecular formula is C7H10ClNO2. The molecule has 4 heteroatoms. The lowest BCUT2D eigenvalue weighted by Gasteiger charge is -1.97. The van der Waals surface area contributed by atoms with Crippen LogP contribution >= 0.6 is 12.4 Å². The van der Waals surface area contributed by atoms with E-state index in [9.17, 15) is 9.90 Å². The minimum Gasteiger partial charge on any atom is -0.545 e. The summed E-state index contributed by atoms with van der Waals surface area (Å²) in [7, 11) is 0. The molecule has 3 nitrogen and oxygen atoms in total. The van der Waals surface area contributed by atoms with Crippen molar-refractivity contribution in [2.45, 2.75) is 0 Å². The Morgan fingerprint density at radius 2 is 1.64 bits per heavy atom. The molecule has 0 atom stereocenters. The summed E-state index contributed by atoms with van der Waals surface area (Å²) in [6, 6.07) is 8.06. The molecule has 1 aromatic carbocycles. The number of benzene rings is 1. The topological polar surface area (TPSA) is 76.6 Å². The Bertz CT molecular complexity index is 213. The standard InChI is InChI=1S/C7H6O2.ClH.H3N/c8-7(9)6-4-2-1-3-5-6;;/h1-5H,(H,8,9);1H;1H3. The number of carbonyl (C=O) groups is 1. The first-order valence-electron chi connectivity index (χ1n) is 2.57. The molecule has 0 saturated carbocycles. The lowest BCUT2D eigenvalue weighted by molar-refractivity contribution is -0.255. The number of quaternary nitrogens is 1. The fourth-order valence-corrected chi connectivity index (χ4v) is 0.574. The highest BCUT2D eigenvalue weighted by molar-refractivity contribution is 5.85. The zero-order valence-corrected chi connectivity index (χ0v) is 6.93.